The molecule has 6 heteroatoms. The van der Waals surface area contributed by atoms with E-state index in [1.807, 2.05) is 61.1 Å². The summed E-state index contributed by atoms with van der Waals surface area (Å²) >= 11 is 0. The molecule has 0 saturated carbocycles. The number of ether oxygens (including phenoxy) is 2. The summed E-state index contributed by atoms with van der Waals surface area (Å²) in [6.07, 6.45) is 6.86. The zero-order valence-corrected chi connectivity index (χ0v) is 17.0. The van der Waals surface area contributed by atoms with Crippen molar-refractivity contribution in [1.82, 2.24) is 14.9 Å². The highest BCUT2D eigenvalue weighted by Crippen LogP contribution is 2.29. The highest BCUT2D eigenvalue weighted by atomic mass is 16.5. The summed E-state index contributed by atoms with van der Waals surface area (Å²) in [5, 5.41) is 3.04. The van der Waals surface area contributed by atoms with Crippen LogP contribution in [0.1, 0.15) is 28.6 Å². The molecule has 6 nitrogen and oxygen atoms in total. The van der Waals surface area contributed by atoms with E-state index in [1.54, 1.807) is 32.6 Å². The molecule has 1 N–H and O–H groups in total. The van der Waals surface area contributed by atoms with E-state index < -0.39 is 6.04 Å². The van der Waals surface area contributed by atoms with Crippen LogP contribution in [0.2, 0.25) is 0 Å². The largest absolute Gasteiger partial charge is 0.497 e. The second-order valence-electron chi connectivity index (χ2n) is 6.73. The van der Waals surface area contributed by atoms with Gasteiger partial charge in [0.15, 0.2) is 0 Å². The Bertz CT molecular complexity index is 984. The minimum absolute atomic E-state index is 0.222. The van der Waals surface area contributed by atoms with Gasteiger partial charge in [-0.05, 0) is 36.3 Å². The van der Waals surface area contributed by atoms with E-state index in [0.29, 0.717) is 17.3 Å². The Morgan fingerprint density at radius 3 is 2.31 bits per heavy atom. The van der Waals surface area contributed by atoms with Gasteiger partial charge in [-0.25, -0.2) is 4.98 Å². The van der Waals surface area contributed by atoms with Crippen LogP contribution < -0.4 is 14.8 Å². The fraction of sp³-hybridized carbons (Fsp3) is 0.217. The number of rotatable bonds is 7. The lowest BCUT2D eigenvalue weighted by atomic mass is 10.0. The third-order valence-electron chi connectivity index (χ3n) is 4.61. The van der Waals surface area contributed by atoms with Gasteiger partial charge < -0.3 is 19.4 Å². The quantitative estimate of drug-likeness (QED) is 0.624. The number of carbonyl (C=O) groups is 1. The summed E-state index contributed by atoms with van der Waals surface area (Å²) in [6.45, 7) is 2.03. The molecule has 0 radical (unpaired) electrons. The van der Waals surface area contributed by atoms with Gasteiger partial charge in [-0.15, -0.1) is 0 Å². The fourth-order valence-electron chi connectivity index (χ4n) is 2.99. The first-order valence-corrected chi connectivity index (χ1v) is 9.25. The van der Waals surface area contributed by atoms with E-state index in [1.165, 1.54) is 11.6 Å². The third kappa shape index (κ3) is 5.04. The van der Waals surface area contributed by atoms with Crippen LogP contribution in [-0.4, -0.2) is 29.7 Å². The van der Waals surface area contributed by atoms with Crippen LogP contribution in [0.25, 0.3) is 6.08 Å². The van der Waals surface area contributed by atoms with E-state index in [2.05, 4.69) is 10.3 Å². The molecule has 1 heterocycles. The average Bonchev–Trinajstić information content (AvgIpc) is 3.16. The van der Waals surface area contributed by atoms with Crippen molar-refractivity contribution >= 4 is 12.0 Å². The van der Waals surface area contributed by atoms with Crippen LogP contribution in [0.5, 0.6) is 11.5 Å². The molecule has 3 aromatic rings. The highest BCUT2D eigenvalue weighted by molar-refractivity contribution is 5.92. The molecule has 1 aromatic heterocycles. The number of aryl methyl sites for hydroxylation is 2. The van der Waals surface area contributed by atoms with Gasteiger partial charge in [0.1, 0.15) is 23.4 Å². The topological polar surface area (TPSA) is 65.4 Å². The number of benzene rings is 2. The van der Waals surface area contributed by atoms with Crippen LogP contribution in [0.4, 0.5) is 0 Å². The minimum Gasteiger partial charge on any atom is -0.497 e. The lowest BCUT2D eigenvalue weighted by Gasteiger charge is -2.20. The summed E-state index contributed by atoms with van der Waals surface area (Å²) in [4.78, 5) is 17.1. The molecular formula is C23H25N3O3. The average molecular weight is 391 g/mol. The van der Waals surface area contributed by atoms with Crippen molar-refractivity contribution in [2.45, 2.75) is 13.0 Å². The number of methoxy groups -OCH3 is 2. The monoisotopic (exact) mass is 391 g/mol. The molecular weight excluding hydrogens is 366 g/mol. The molecule has 0 aliphatic heterocycles. The van der Waals surface area contributed by atoms with E-state index in [0.717, 1.165) is 11.1 Å². The fourth-order valence-corrected chi connectivity index (χ4v) is 2.99. The summed E-state index contributed by atoms with van der Waals surface area (Å²) in [7, 11) is 5.08. The molecule has 3 rings (SSSR count). The highest BCUT2D eigenvalue weighted by Gasteiger charge is 2.21. The second-order valence-corrected chi connectivity index (χ2v) is 6.73. The summed E-state index contributed by atoms with van der Waals surface area (Å²) in [5.74, 6) is 1.77. The number of nitrogens with one attached hydrogen (secondary N) is 1. The van der Waals surface area contributed by atoms with Crippen LogP contribution in [0.15, 0.2) is 60.9 Å². The van der Waals surface area contributed by atoms with Crippen LogP contribution in [0, 0.1) is 6.92 Å². The molecule has 0 fully saturated rings. The Labute approximate surface area is 170 Å². The lowest BCUT2D eigenvalue weighted by molar-refractivity contribution is -0.117. The SMILES string of the molecule is COc1cc(OC)cc(C(NC(=O)/C=C/c2ccc(C)cc2)c2nccn2C)c1. The van der Waals surface area contributed by atoms with Crippen molar-refractivity contribution < 1.29 is 14.3 Å². The Morgan fingerprint density at radius 2 is 1.76 bits per heavy atom. The van der Waals surface area contributed by atoms with Gasteiger partial charge in [-0.1, -0.05) is 29.8 Å². The lowest BCUT2D eigenvalue weighted by Crippen LogP contribution is -2.29. The van der Waals surface area contributed by atoms with E-state index >= 15 is 0 Å². The number of aromatic nitrogens is 2. The Kier molecular flexibility index (Phi) is 6.34. The maximum absolute atomic E-state index is 12.7. The van der Waals surface area contributed by atoms with Crippen molar-refractivity contribution in [2.24, 2.45) is 7.05 Å². The molecule has 0 aliphatic carbocycles. The van der Waals surface area contributed by atoms with Crippen molar-refractivity contribution in [1.29, 1.82) is 0 Å². The molecule has 1 atom stereocenters. The first-order valence-electron chi connectivity index (χ1n) is 9.25. The smallest absolute Gasteiger partial charge is 0.244 e. The normalized spacial score (nSPS) is 12.0. The van der Waals surface area contributed by atoms with Gasteiger partial charge in [0.25, 0.3) is 0 Å². The molecule has 29 heavy (non-hydrogen) atoms. The zero-order chi connectivity index (χ0) is 20.8. The number of carbonyl (C=O) groups excluding carboxylic acids is 1. The Balaban J connectivity index is 1.90. The number of nitrogens with zero attached hydrogens (tertiary/aromatic N) is 2. The summed E-state index contributed by atoms with van der Waals surface area (Å²) < 4.78 is 12.6. The van der Waals surface area contributed by atoms with Crippen molar-refractivity contribution in [3.05, 3.63) is 83.4 Å². The van der Waals surface area contributed by atoms with Gasteiger partial charge in [0.05, 0.1) is 14.2 Å². The van der Waals surface area contributed by atoms with E-state index in [4.69, 9.17) is 9.47 Å². The standard InChI is InChI=1S/C23H25N3O3/c1-16-5-7-17(8-6-16)9-10-21(27)25-22(23-24-11-12-26(23)2)18-13-19(28-3)15-20(14-18)29-4/h5-15,22H,1-4H3,(H,25,27)/b10-9+. The second kappa shape index (κ2) is 9.10. The molecule has 2 aromatic carbocycles. The maximum atomic E-state index is 12.7. The summed E-state index contributed by atoms with van der Waals surface area (Å²) in [6, 6.07) is 13.0. The van der Waals surface area contributed by atoms with Crippen molar-refractivity contribution in [3.8, 4) is 11.5 Å². The van der Waals surface area contributed by atoms with Crippen LogP contribution >= 0.6 is 0 Å². The van der Waals surface area contributed by atoms with Gasteiger partial charge >= 0.3 is 0 Å². The molecule has 1 unspecified atom stereocenters. The van der Waals surface area contributed by atoms with E-state index in [-0.39, 0.29) is 5.91 Å². The molecule has 0 aliphatic rings. The van der Waals surface area contributed by atoms with Crippen molar-refractivity contribution in [3.63, 3.8) is 0 Å². The molecule has 0 saturated heterocycles. The van der Waals surface area contributed by atoms with Gasteiger partial charge in [-0.3, -0.25) is 4.79 Å². The number of hydrogen-bond donors (Lipinski definition) is 1. The Morgan fingerprint density at radius 1 is 1.10 bits per heavy atom. The maximum Gasteiger partial charge on any atom is 0.244 e. The first-order chi connectivity index (χ1) is 14.0. The predicted octanol–water partition coefficient (Wildman–Crippen LogP) is 3.66. The number of amides is 1. The predicted molar refractivity (Wildman–Crippen MR) is 113 cm³/mol. The molecule has 150 valence electrons. The molecule has 0 bridgehead atoms. The minimum atomic E-state index is -0.464. The van der Waals surface area contributed by atoms with Gasteiger partial charge in [0.2, 0.25) is 5.91 Å². The summed E-state index contributed by atoms with van der Waals surface area (Å²) in [5.41, 5.74) is 2.95. The number of imidazole rings is 1. The first kappa shape index (κ1) is 20.2. The van der Waals surface area contributed by atoms with Gasteiger partial charge in [0, 0.05) is 31.6 Å². The zero-order valence-electron chi connectivity index (χ0n) is 17.0. The van der Waals surface area contributed by atoms with E-state index in [9.17, 15) is 4.79 Å². The third-order valence-corrected chi connectivity index (χ3v) is 4.61. The van der Waals surface area contributed by atoms with Crippen LogP contribution in [0.3, 0.4) is 0 Å². The van der Waals surface area contributed by atoms with Gasteiger partial charge in [-0.2, -0.15) is 0 Å². The molecule has 0 spiro atoms. The number of hydrogen-bond acceptors (Lipinski definition) is 4. The Hall–Kier alpha value is -3.54. The molecule has 1 amide bonds. The van der Waals surface area contributed by atoms with Crippen molar-refractivity contribution in [2.75, 3.05) is 14.2 Å². The van der Waals surface area contributed by atoms with Crippen LogP contribution in [-0.2, 0) is 11.8 Å².